The highest BCUT2D eigenvalue weighted by Crippen LogP contribution is 2.11. The van der Waals surface area contributed by atoms with Crippen molar-refractivity contribution in [2.24, 2.45) is 0 Å². The molecule has 5 heteroatoms. The predicted octanol–water partition coefficient (Wildman–Crippen LogP) is 1.80. The van der Waals surface area contributed by atoms with Gasteiger partial charge >= 0.3 is 0 Å². The smallest absolute Gasteiger partial charge is 0.240 e. The van der Waals surface area contributed by atoms with E-state index in [4.69, 9.17) is 4.52 Å². The first kappa shape index (κ1) is 12.1. The van der Waals surface area contributed by atoms with Gasteiger partial charge in [-0.25, -0.2) is 0 Å². The molecule has 17 heavy (non-hydrogen) atoms. The van der Waals surface area contributed by atoms with E-state index < -0.39 is 0 Å². The molecule has 1 amide bonds. The Kier molecular flexibility index (Phi) is 4.14. The molecule has 1 fully saturated rings. The molecule has 1 aliphatic rings. The number of likely N-dealkylation sites (tertiary alicyclic amines) is 1. The largest absolute Gasteiger partial charge is 0.338 e. The van der Waals surface area contributed by atoms with Crippen LogP contribution < -0.4 is 5.32 Å². The van der Waals surface area contributed by atoms with Crippen molar-refractivity contribution in [2.75, 3.05) is 25.0 Å². The third-order valence-electron chi connectivity index (χ3n) is 2.96. The van der Waals surface area contributed by atoms with E-state index in [2.05, 4.69) is 15.4 Å². The lowest BCUT2D eigenvalue weighted by molar-refractivity contribution is -0.117. The average Bonchev–Trinajstić information content (AvgIpc) is 2.53. The minimum atomic E-state index is -0.0250. The Bertz CT molecular complexity index is 368. The van der Waals surface area contributed by atoms with E-state index in [1.807, 2.05) is 6.92 Å². The second-order valence-electron chi connectivity index (χ2n) is 4.57. The lowest BCUT2D eigenvalue weighted by Gasteiger charge is -2.18. The number of hydrogen-bond donors (Lipinski definition) is 1. The molecule has 0 aromatic carbocycles. The van der Waals surface area contributed by atoms with Crippen LogP contribution in [0.2, 0.25) is 0 Å². The summed E-state index contributed by atoms with van der Waals surface area (Å²) >= 11 is 0. The van der Waals surface area contributed by atoms with Crippen molar-refractivity contribution < 1.29 is 9.32 Å². The SMILES string of the molecule is Cc1cc(NC(=O)CN2CCCCCC2)on1. The third kappa shape index (κ3) is 3.85. The zero-order valence-corrected chi connectivity index (χ0v) is 10.2. The van der Waals surface area contributed by atoms with Crippen LogP contribution in [0.4, 0.5) is 5.88 Å². The molecule has 1 aromatic heterocycles. The van der Waals surface area contributed by atoms with Gasteiger partial charge in [0, 0.05) is 6.07 Å². The van der Waals surface area contributed by atoms with Crippen molar-refractivity contribution in [3.05, 3.63) is 11.8 Å². The first-order valence-electron chi connectivity index (χ1n) is 6.19. The Balaban J connectivity index is 1.80. The van der Waals surface area contributed by atoms with Crippen LogP contribution >= 0.6 is 0 Å². The molecular weight excluding hydrogens is 218 g/mol. The second-order valence-corrected chi connectivity index (χ2v) is 4.57. The lowest BCUT2D eigenvalue weighted by Crippen LogP contribution is -2.33. The van der Waals surface area contributed by atoms with Gasteiger partial charge in [0.2, 0.25) is 11.8 Å². The van der Waals surface area contributed by atoms with Crippen molar-refractivity contribution in [3.8, 4) is 0 Å². The van der Waals surface area contributed by atoms with Crippen molar-refractivity contribution in [1.29, 1.82) is 0 Å². The molecule has 2 heterocycles. The topological polar surface area (TPSA) is 58.4 Å². The van der Waals surface area contributed by atoms with Crippen LogP contribution in [-0.2, 0) is 4.79 Å². The molecular formula is C12H19N3O2. The lowest BCUT2D eigenvalue weighted by atomic mass is 10.2. The first-order valence-corrected chi connectivity index (χ1v) is 6.19. The third-order valence-corrected chi connectivity index (χ3v) is 2.96. The molecule has 0 spiro atoms. The molecule has 0 radical (unpaired) electrons. The molecule has 1 aromatic rings. The predicted molar refractivity (Wildman–Crippen MR) is 64.8 cm³/mol. The number of carbonyl (C=O) groups excluding carboxylic acids is 1. The average molecular weight is 237 g/mol. The second kappa shape index (κ2) is 5.82. The fourth-order valence-corrected chi connectivity index (χ4v) is 2.10. The maximum Gasteiger partial charge on any atom is 0.240 e. The van der Waals surface area contributed by atoms with Crippen LogP contribution in [0.15, 0.2) is 10.6 Å². The molecule has 1 aliphatic heterocycles. The van der Waals surface area contributed by atoms with Crippen molar-refractivity contribution in [1.82, 2.24) is 10.1 Å². The molecule has 0 atom stereocenters. The molecule has 5 nitrogen and oxygen atoms in total. The molecule has 1 N–H and O–H groups in total. The van der Waals surface area contributed by atoms with E-state index in [-0.39, 0.29) is 5.91 Å². The standard InChI is InChI=1S/C12H19N3O2/c1-10-8-12(17-14-10)13-11(16)9-15-6-4-2-3-5-7-15/h8H,2-7,9H2,1H3,(H,13,16). The number of anilines is 1. The van der Waals surface area contributed by atoms with Gasteiger partial charge in [0.15, 0.2) is 0 Å². The van der Waals surface area contributed by atoms with Crippen LogP contribution in [-0.4, -0.2) is 35.6 Å². The number of hydrogen-bond acceptors (Lipinski definition) is 4. The van der Waals surface area contributed by atoms with Crippen molar-refractivity contribution in [2.45, 2.75) is 32.6 Å². The summed E-state index contributed by atoms with van der Waals surface area (Å²) in [7, 11) is 0. The summed E-state index contributed by atoms with van der Waals surface area (Å²) in [5.41, 5.74) is 0.773. The van der Waals surface area contributed by atoms with E-state index in [1.54, 1.807) is 6.07 Å². The van der Waals surface area contributed by atoms with Crippen LogP contribution in [0.3, 0.4) is 0 Å². The summed E-state index contributed by atoms with van der Waals surface area (Å²) in [5, 5.41) is 6.45. The van der Waals surface area contributed by atoms with Gasteiger partial charge in [-0.05, 0) is 32.9 Å². The van der Waals surface area contributed by atoms with E-state index in [0.717, 1.165) is 18.8 Å². The van der Waals surface area contributed by atoms with Gasteiger partial charge in [-0.15, -0.1) is 0 Å². The fraction of sp³-hybridized carbons (Fsp3) is 0.667. The summed E-state index contributed by atoms with van der Waals surface area (Å²) in [6.07, 6.45) is 4.93. The zero-order chi connectivity index (χ0) is 12.1. The van der Waals surface area contributed by atoms with E-state index in [0.29, 0.717) is 12.4 Å². The van der Waals surface area contributed by atoms with Crippen LogP contribution in [0.25, 0.3) is 0 Å². The monoisotopic (exact) mass is 237 g/mol. The number of aromatic nitrogens is 1. The van der Waals surface area contributed by atoms with Gasteiger partial charge in [-0.1, -0.05) is 18.0 Å². The van der Waals surface area contributed by atoms with Gasteiger partial charge in [-0.2, -0.15) is 0 Å². The highest BCUT2D eigenvalue weighted by atomic mass is 16.5. The normalized spacial score (nSPS) is 17.7. The number of rotatable bonds is 3. The molecule has 0 unspecified atom stereocenters. The first-order chi connectivity index (χ1) is 8.24. The number of amides is 1. The van der Waals surface area contributed by atoms with E-state index in [1.165, 1.54) is 25.7 Å². The van der Waals surface area contributed by atoms with Crippen molar-refractivity contribution >= 4 is 11.8 Å². The van der Waals surface area contributed by atoms with E-state index in [9.17, 15) is 4.79 Å². The van der Waals surface area contributed by atoms with Gasteiger partial charge in [0.25, 0.3) is 0 Å². The van der Waals surface area contributed by atoms with Crippen molar-refractivity contribution in [3.63, 3.8) is 0 Å². The van der Waals surface area contributed by atoms with Gasteiger partial charge in [0.05, 0.1) is 12.2 Å². The highest BCUT2D eigenvalue weighted by Gasteiger charge is 2.14. The van der Waals surface area contributed by atoms with Gasteiger partial charge in [0.1, 0.15) is 0 Å². The summed E-state index contributed by atoms with van der Waals surface area (Å²) in [6, 6.07) is 1.72. The quantitative estimate of drug-likeness (QED) is 0.870. The minimum Gasteiger partial charge on any atom is -0.338 e. The molecule has 0 saturated carbocycles. The Labute approximate surface area is 101 Å². The number of carbonyl (C=O) groups is 1. The van der Waals surface area contributed by atoms with Crippen LogP contribution in [0.5, 0.6) is 0 Å². The Hall–Kier alpha value is -1.36. The fourth-order valence-electron chi connectivity index (χ4n) is 2.10. The molecule has 2 rings (SSSR count). The number of nitrogens with one attached hydrogen (secondary N) is 1. The molecule has 0 aliphatic carbocycles. The van der Waals surface area contributed by atoms with Gasteiger partial charge in [-0.3, -0.25) is 15.0 Å². The molecule has 1 saturated heterocycles. The summed E-state index contributed by atoms with van der Waals surface area (Å²) in [6.45, 7) is 4.30. The minimum absolute atomic E-state index is 0.0250. The number of nitrogens with zero attached hydrogens (tertiary/aromatic N) is 2. The van der Waals surface area contributed by atoms with Crippen LogP contribution in [0.1, 0.15) is 31.4 Å². The Morgan fingerprint density at radius 3 is 2.71 bits per heavy atom. The van der Waals surface area contributed by atoms with Gasteiger partial charge < -0.3 is 4.52 Å². The van der Waals surface area contributed by atoms with E-state index >= 15 is 0 Å². The maximum absolute atomic E-state index is 11.8. The van der Waals surface area contributed by atoms with Crippen LogP contribution in [0, 0.1) is 6.92 Å². The zero-order valence-electron chi connectivity index (χ0n) is 10.2. The Morgan fingerprint density at radius 2 is 2.12 bits per heavy atom. The number of aryl methyl sites for hydroxylation is 1. The summed E-state index contributed by atoms with van der Waals surface area (Å²) in [4.78, 5) is 14.0. The maximum atomic E-state index is 11.8. The molecule has 94 valence electrons. The molecule has 0 bridgehead atoms. The highest BCUT2D eigenvalue weighted by molar-refractivity contribution is 5.90. The Morgan fingerprint density at radius 1 is 1.41 bits per heavy atom. The summed E-state index contributed by atoms with van der Waals surface area (Å²) in [5.74, 6) is 0.408. The summed E-state index contributed by atoms with van der Waals surface area (Å²) < 4.78 is 4.95.